The van der Waals surface area contributed by atoms with Gasteiger partial charge in [0.15, 0.2) is 0 Å². The fourth-order valence-corrected chi connectivity index (χ4v) is 3.85. The second-order valence-electron chi connectivity index (χ2n) is 10.8. The third kappa shape index (κ3) is 17.9. The van der Waals surface area contributed by atoms with Crippen LogP contribution in [0, 0.1) is 26.0 Å². The molecule has 0 bridgehead atoms. The molecular weight excluding hydrogens is 940 g/mol. The predicted octanol–water partition coefficient (Wildman–Crippen LogP) is 13.3. The van der Waals surface area contributed by atoms with Crippen LogP contribution in [0.1, 0.15) is 22.3 Å². The van der Waals surface area contributed by atoms with E-state index in [1.165, 1.54) is 11.1 Å². The van der Waals surface area contributed by atoms with Gasteiger partial charge in [-0.25, -0.2) is 0 Å². The van der Waals surface area contributed by atoms with Crippen LogP contribution < -0.4 is 0 Å². The van der Waals surface area contributed by atoms with E-state index in [4.69, 9.17) is 0 Å². The SMILES string of the molecule is Cc1ccc(-c2[c-]cccc2)nc1.Cc1ccc(-c2[c-]cccc2)nc1.FC(F)(F)c1ccnc(-c2cc(C(F)(F)F)ccn2)c1.F[P-](F)(F)(F)(F)F.[Ir+3]. The Morgan fingerprint density at radius 1 is 0.481 bits per heavy atom. The Labute approximate surface area is 315 Å². The van der Waals surface area contributed by atoms with Gasteiger partial charge in [-0.15, -0.1) is 71.8 Å². The smallest absolute Gasteiger partial charge is 3.00 e. The minimum absolute atomic E-state index is 0. The number of benzene rings is 2. The van der Waals surface area contributed by atoms with Crippen LogP contribution >= 0.6 is 7.81 Å². The molecule has 6 aromatic rings. The van der Waals surface area contributed by atoms with Crippen molar-refractivity contribution in [3.8, 4) is 33.9 Å². The van der Waals surface area contributed by atoms with Crippen molar-refractivity contribution in [3.05, 3.63) is 156 Å². The molecule has 0 N–H and O–H groups in total. The van der Waals surface area contributed by atoms with E-state index in [2.05, 4.69) is 44.2 Å². The molecular formula is C36H26F12IrN4P. The van der Waals surface area contributed by atoms with Crippen molar-refractivity contribution >= 4 is 7.81 Å². The van der Waals surface area contributed by atoms with E-state index in [1.54, 1.807) is 0 Å². The summed E-state index contributed by atoms with van der Waals surface area (Å²) in [6.07, 6.45) is -3.70. The van der Waals surface area contributed by atoms with Crippen LogP contribution in [0.25, 0.3) is 33.9 Å². The van der Waals surface area contributed by atoms with Crippen LogP contribution in [0.2, 0.25) is 0 Å². The third-order valence-corrected chi connectivity index (χ3v) is 6.23. The van der Waals surface area contributed by atoms with Crippen molar-refractivity contribution in [3.63, 3.8) is 0 Å². The van der Waals surface area contributed by atoms with Crippen LogP contribution in [0.3, 0.4) is 0 Å². The van der Waals surface area contributed by atoms with Crippen LogP contribution in [-0.2, 0) is 32.5 Å². The van der Waals surface area contributed by atoms with Gasteiger partial charge in [0.25, 0.3) is 0 Å². The van der Waals surface area contributed by atoms with Gasteiger partial charge in [0.1, 0.15) is 0 Å². The van der Waals surface area contributed by atoms with Crippen LogP contribution in [0.4, 0.5) is 51.5 Å². The Bertz CT molecular complexity index is 1900. The molecule has 0 aliphatic heterocycles. The molecule has 0 saturated heterocycles. The summed E-state index contributed by atoms with van der Waals surface area (Å²) in [5.41, 5.74) is 3.86. The predicted molar refractivity (Wildman–Crippen MR) is 178 cm³/mol. The van der Waals surface area contributed by atoms with Gasteiger partial charge in [-0.1, -0.05) is 24.3 Å². The monoisotopic (exact) mass is 966 g/mol. The summed E-state index contributed by atoms with van der Waals surface area (Å²) in [4.78, 5) is 15.9. The zero-order valence-electron chi connectivity index (χ0n) is 27.7. The van der Waals surface area contributed by atoms with Gasteiger partial charge in [-0.05, 0) is 60.6 Å². The molecule has 0 aliphatic rings. The summed E-state index contributed by atoms with van der Waals surface area (Å²) < 4.78 is 134. The van der Waals surface area contributed by atoms with Gasteiger partial charge in [0, 0.05) is 24.8 Å². The Hall–Kier alpha value is -4.72. The second kappa shape index (κ2) is 17.6. The number of alkyl halides is 6. The molecule has 4 aromatic heterocycles. The van der Waals surface area contributed by atoms with Crippen LogP contribution in [0.5, 0.6) is 0 Å². The first kappa shape index (κ1) is 45.4. The van der Waals surface area contributed by atoms with Gasteiger partial charge in [0.2, 0.25) is 0 Å². The van der Waals surface area contributed by atoms with Gasteiger partial charge in [-0.2, -0.15) is 26.3 Å². The number of aromatic nitrogens is 4. The van der Waals surface area contributed by atoms with E-state index < -0.39 is 31.3 Å². The molecule has 288 valence electrons. The summed E-state index contributed by atoms with van der Waals surface area (Å²) in [5, 5.41) is 0. The maximum absolute atomic E-state index is 12.5. The van der Waals surface area contributed by atoms with E-state index in [0.29, 0.717) is 12.1 Å². The molecule has 54 heavy (non-hydrogen) atoms. The van der Waals surface area contributed by atoms with Crippen molar-refractivity contribution in [1.29, 1.82) is 0 Å². The van der Waals surface area contributed by atoms with E-state index in [0.717, 1.165) is 47.0 Å². The second-order valence-corrected chi connectivity index (χ2v) is 12.7. The summed E-state index contributed by atoms with van der Waals surface area (Å²) in [6.45, 7) is 4.07. The number of nitrogens with zero attached hydrogens (tertiary/aromatic N) is 4. The summed E-state index contributed by atoms with van der Waals surface area (Å²) in [6, 6.07) is 32.9. The Kier molecular flexibility index (Phi) is 14.8. The molecule has 4 nitrogen and oxygen atoms in total. The fourth-order valence-electron chi connectivity index (χ4n) is 3.85. The average molecular weight is 966 g/mol. The van der Waals surface area contributed by atoms with Crippen molar-refractivity contribution in [1.82, 2.24) is 19.9 Å². The first-order chi connectivity index (χ1) is 24.3. The molecule has 0 amide bonds. The molecule has 0 aliphatic carbocycles. The van der Waals surface area contributed by atoms with Crippen molar-refractivity contribution < 1.29 is 71.6 Å². The molecule has 4 heterocycles. The average Bonchev–Trinajstić information content (AvgIpc) is 3.08. The molecule has 2 aromatic carbocycles. The van der Waals surface area contributed by atoms with Crippen molar-refractivity contribution in [2.75, 3.05) is 0 Å². The van der Waals surface area contributed by atoms with Gasteiger partial charge < -0.3 is 9.97 Å². The molecule has 0 atom stereocenters. The van der Waals surface area contributed by atoms with Crippen molar-refractivity contribution in [2.45, 2.75) is 26.2 Å². The van der Waals surface area contributed by atoms with E-state index in [1.807, 2.05) is 86.9 Å². The standard InChI is InChI=1S/C12H6F6N2.2C12H10N.F6P.Ir/c13-11(14,15)7-1-3-19-9(5-7)10-6-8(2-4-20-10)12(16,17)18;2*1-10-7-8-12(13-9-10)11-5-3-2-4-6-11;1-7(2,3,4,5)6;/h1-6H;2*2-5,7-9H,1H3;;/q;3*-1;+3. The third-order valence-electron chi connectivity index (χ3n) is 6.23. The number of pyridine rings is 4. The summed E-state index contributed by atoms with van der Waals surface area (Å²) in [5.74, 6) is 0. The summed E-state index contributed by atoms with van der Waals surface area (Å²) >= 11 is 0. The first-order valence-corrected chi connectivity index (χ1v) is 16.8. The van der Waals surface area contributed by atoms with E-state index >= 15 is 0 Å². The maximum atomic E-state index is 12.5. The molecule has 6 rings (SSSR count). The van der Waals surface area contributed by atoms with E-state index in [-0.39, 0.29) is 31.5 Å². The van der Waals surface area contributed by atoms with Crippen LogP contribution in [0.15, 0.2) is 122 Å². The first-order valence-electron chi connectivity index (χ1n) is 14.8. The zero-order valence-corrected chi connectivity index (χ0v) is 30.9. The van der Waals surface area contributed by atoms with Gasteiger partial charge >= 0.3 is 65.4 Å². The molecule has 0 fully saturated rings. The largest absolute Gasteiger partial charge is 3.00 e. The molecule has 18 heteroatoms. The summed E-state index contributed by atoms with van der Waals surface area (Å²) in [7, 11) is -10.7. The molecule has 0 radical (unpaired) electrons. The number of halogens is 12. The van der Waals surface area contributed by atoms with Crippen molar-refractivity contribution in [2.24, 2.45) is 0 Å². The van der Waals surface area contributed by atoms with E-state index in [9.17, 15) is 51.5 Å². The number of hydrogen-bond donors (Lipinski definition) is 0. The molecule has 0 saturated carbocycles. The number of hydrogen-bond acceptors (Lipinski definition) is 4. The Morgan fingerprint density at radius 2 is 0.833 bits per heavy atom. The number of aryl methyl sites for hydroxylation is 2. The maximum Gasteiger partial charge on any atom is 3.00 e. The molecule has 0 spiro atoms. The normalized spacial score (nSPS) is 12.4. The van der Waals surface area contributed by atoms with Crippen LogP contribution in [-0.4, -0.2) is 19.9 Å². The fraction of sp³-hybridized carbons (Fsp3) is 0.111. The number of rotatable bonds is 3. The quantitative estimate of drug-likeness (QED) is 0.101. The van der Waals surface area contributed by atoms with Gasteiger partial charge in [-0.3, -0.25) is 9.97 Å². The minimum Gasteiger partial charge on any atom is 3.00 e. The Balaban J connectivity index is 0.000000262. The topological polar surface area (TPSA) is 51.6 Å². The minimum atomic E-state index is -10.7. The Morgan fingerprint density at radius 3 is 1.09 bits per heavy atom. The molecule has 0 unspecified atom stereocenters. The van der Waals surface area contributed by atoms with Gasteiger partial charge in [0.05, 0.1) is 22.5 Å². The zero-order chi connectivity index (χ0) is 39.6.